The molecule has 1 unspecified atom stereocenters. The van der Waals surface area contributed by atoms with E-state index >= 15 is 0 Å². The van der Waals surface area contributed by atoms with Crippen LogP contribution in [0.25, 0.3) is 11.1 Å². The van der Waals surface area contributed by atoms with Crippen molar-refractivity contribution in [2.75, 3.05) is 5.33 Å². The van der Waals surface area contributed by atoms with Crippen molar-refractivity contribution in [2.45, 2.75) is 25.2 Å². The smallest absolute Gasteiger partial charge is 0.409 e. The molecule has 0 aliphatic heterocycles. The van der Waals surface area contributed by atoms with Gasteiger partial charge in [-0.25, -0.2) is 4.79 Å². The molecule has 0 aromatic heterocycles. The number of hydrogen-bond donors (Lipinski definition) is 0. The fourth-order valence-electron chi connectivity index (χ4n) is 3.26. The number of halogens is 2. The van der Waals surface area contributed by atoms with E-state index in [0.29, 0.717) is 5.75 Å². The van der Waals surface area contributed by atoms with Gasteiger partial charge in [0.1, 0.15) is 5.75 Å². The number of benzene rings is 2. The Hall–Kier alpha value is -1.32. The van der Waals surface area contributed by atoms with Crippen LogP contribution in [-0.2, 0) is 0 Å². The molecular formula is C18H16BrClO2. The van der Waals surface area contributed by atoms with E-state index in [2.05, 4.69) is 40.2 Å². The monoisotopic (exact) mass is 378 g/mol. The second-order valence-corrected chi connectivity index (χ2v) is 6.48. The molecule has 1 aliphatic carbocycles. The van der Waals surface area contributed by atoms with Crippen LogP contribution >= 0.6 is 27.5 Å². The van der Waals surface area contributed by atoms with Gasteiger partial charge in [-0.1, -0.05) is 58.7 Å². The van der Waals surface area contributed by atoms with Crippen LogP contribution in [0, 0.1) is 0 Å². The predicted molar refractivity (Wildman–Crippen MR) is 93.2 cm³/mol. The zero-order valence-electron chi connectivity index (χ0n) is 12.0. The van der Waals surface area contributed by atoms with Gasteiger partial charge in [-0.3, -0.25) is 0 Å². The highest BCUT2D eigenvalue weighted by molar-refractivity contribution is 9.09. The van der Waals surface area contributed by atoms with Crippen LogP contribution in [0.1, 0.15) is 36.3 Å². The van der Waals surface area contributed by atoms with Crippen LogP contribution in [0.5, 0.6) is 5.75 Å². The molecular weight excluding hydrogens is 364 g/mol. The maximum atomic E-state index is 11.2. The normalized spacial score (nSPS) is 15.3. The second-order valence-electron chi connectivity index (χ2n) is 5.38. The standard InChI is InChI=1S/C18H16BrClO2/c19-11-4-3-8-14-12-6-1-2-7-13(12)15-9-5-10-16(17(14)15)22-18(20)21/h1-2,5-7,9-10,14H,3-4,8,11H2. The maximum Gasteiger partial charge on any atom is 0.409 e. The molecule has 0 N–H and O–H groups in total. The lowest BCUT2D eigenvalue weighted by atomic mass is 9.91. The van der Waals surface area contributed by atoms with Crippen LogP contribution < -0.4 is 4.74 Å². The summed E-state index contributed by atoms with van der Waals surface area (Å²) in [5.41, 5.74) is 3.99. The summed E-state index contributed by atoms with van der Waals surface area (Å²) in [6.45, 7) is 0. The van der Waals surface area contributed by atoms with Gasteiger partial charge < -0.3 is 4.74 Å². The second kappa shape index (κ2) is 6.84. The molecule has 2 aromatic rings. The SMILES string of the molecule is O=C(Cl)Oc1cccc2c1C(CCCCBr)c1ccccc1-2. The van der Waals surface area contributed by atoms with Crippen molar-refractivity contribution in [3.63, 3.8) is 0 Å². The van der Waals surface area contributed by atoms with E-state index < -0.39 is 5.43 Å². The average molecular weight is 380 g/mol. The molecule has 0 saturated heterocycles. The summed E-state index contributed by atoms with van der Waals surface area (Å²) in [7, 11) is 0. The van der Waals surface area contributed by atoms with E-state index in [1.807, 2.05) is 18.2 Å². The topological polar surface area (TPSA) is 26.3 Å². The Bertz CT molecular complexity index is 699. The van der Waals surface area contributed by atoms with Gasteiger partial charge in [-0.2, -0.15) is 0 Å². The van der Waals surface area contributed by atoms with Gasteiger partial charge in [0.2, 0.25) is 0 Å². The van der Waals surface area contributed by atoms with E-state index in [-0.39, 0.29) is 5.92 Å². The van der Waals surface area contributed by atoms with Gasteiger partial charge in [-0.05, 0) is 35.6 Å². The summed E-state index contributed by atoms with van der Waals surface area (Å²) in [5, 5.41) is 1.01. The predicted octanol–water partition coefficient (Wildman–Crippen LogP) is 6.10. The number of hydrogen-bond acceptors (Lipinski definition) is 2. The van der Waals surface area contributed by atoms with E-state index in [1.165, 1.54) is 11.1 Å². The number of alkyl halides is 1. The molecule has 0 fully saturated rings. The first-order valence-corrected chi connectivity index (χ1v) is 8.88. The lowest BCUT2D eigenvalue weighted by Crippen LogP contribution is -2.03. The highest BCUT2D eigenvalue weighted by Gasteiger charge is 2.31. The quantitative estimate of drug-likeness (QED) is 0.356. The average Bonchev–Trinajstić information content (AvgIpc) is 2.83. The number of ether oxygens (including phenoxy) is 1. The molecule has 0 radical (unpaired) electrons. The van der Waals surface area contributed by atoms with Gasteiger partial charge in [0.25, 0.3) is 0 Å². The van der Waals surface area contributed by atoms with E-state index in [9.17, 15) is 4.79 Å². The zero-order valence-corrected chi connectivity index (χ0v) is 14.4. The van der Waals surface area contributed by atoms with E-state index in [1.54, 1.807) is 0 Å². The lowest BCUT2D eigenvalue weighted by Gasteiger charge is -2.16. The highest BCUT2D eigenvalue weighted by Crippen LogP contribution is 2.50. The Balaban J connectivity index is 2.05. The molecule has 0 spiro atoms. The molecule has 2 aromatic carbocycles. The van der Waals surface area contributed by atoms with E-state index in [4.69, 9.17) is 16.3 Å². The molecule has 1 aliphatic rings. The minimum atomic E-state index is -0.788. The summed E-state index contributed by atoms with van der Waals surface area (Å²) >= 11 is 8.92. The molecule has 0 amide bonds. The summed E-state index contributed by atoms with van der Waals surface area (Å²) in [6.07, 6.45) is 3.28. The van der Waals surface area contributed by atoms with Crippen molar-refractivity contribution in [2.24, 2.45) is 0 Å². The number of rotatable bonds is 5. The highest BCUT2D eigenvalue weighted by atomic mass is 79.9. The van der Waals surface area contributed by atoms with Gasteiger partial charge in [-0.15, -0.1) is 0 Å². The van der Waals surface area contributed by atoms with Crippen LogP contribution in [0.2, 0.25) is 0 Å². The minimum Gasteiger partial charge on any atom is -0.414 e. The number of fused-ring (bicyclic) bond motifs is 3. The van der Waals surface area contributed by atoms with Gasteiger partial charge in [0.05, 0.1) is 0 Å². The number of carbonyl (C=O) groups excluding carboxylic acids is 1. The summed E-state index contributed by atoms with van der Waals surface area (Å²) in [4.78, 5) is 11.2. The number of unbranched alkanes of at least 4 members (excludes halogenated alkanes) is 1. The summed E-state index contributed by atoms with van der Waals surface area (Å²) < 4.78 is 5.24. The molecule has 0 saturated carbocycles. The largest absolute Gasteiger partial charge is 0.414 e. The Morgan fingerprint density at radius 1 is 1.09 bits per heavy atom. The molecule has 1 atom stereocenters. The first-order valence-electron chi connectivity index (χ1n) is 7.38. The van der Waals surface area contributed by atoms with Crippen molar-refractivity contribution >= 4 is 33.0 Å². The lowest BCUT2D eigenvalue weighted by molar-refractivity contribution is 0.225. The minimum absolute atomic E-state index is 0.262. The van der Waals surface area contributed by atoms with Crippen molar-refractivity contribution < 1.29 is 9.53 Å². The van der Waals surface area contributed by atoms with Crippen molar-refractivity contribution in [3.8, 4) is 16.9 Å². The van der Waals surface area contributed by atoms with Crippen LogP contribution in [0.3, 0.4) is 0 Å². The Labute approximate surface area is 143 Å². The van der Waals surface area contributed by atoms with Crippen molar-refractivity contribution in [1.29, 1.82) is 0 Å². The fraction of sp³-hybridized carbons (Fsp3) is 0.278. The molecule has 22 heavy (non-hydrogen) atoms. The Kier molecular flexibility index (Phi) is 4.84. The molecule has 0 heterocycles. The first kappa shape index (κ1) is 15.6. The third-order valence-electron chi connectivity index (χ3n) is 4.11. The van der Waals surface area contributed by atoms with Gasteiger partial charge in [0.15, 0.2) is 0 Å². The van der Waals surface area contributed by atoms with Crippen molar-refractivity contribution in [1.82, 2.24) is 0 Å². The van der Waals surface area contributed by atoms with Crippen molar-refractivity contribution in [3.05, 3.63) is 53.6 Å². The van der Waals surface area contributed by atoms with Crippen LogP contribution in [-0.4, -0.2) is 10.8 Å². The van der Waals surface area contributed by atoms with Crippen LogP contribution in [0.4, 0.5) is 4.79 Å². The molecule has 3 rings (SSSR count). The molecule has 114 valence electrons. The summed E-state index contributed by atoms with van der Waals surface area (Å²) in [5.74, 6) is 0.843. The third kappa shape index (κ3) is 2.92. The summed E-state index contributed by atoms with van der Waals surface area (Å²) in [6, 6.07) is 14.2. The molecule has 2 nitrogen and oxygen atoms in total. The fourth-order valence-corrected chi connectivity index (χ4v) is 3.74. The van der Waals surface area contributed by atoms with Crippen LogP contribution in [0.15, 0.2) is 42.5 Å². The zero-order chi connectivity index (χ0) is 15.5. The Morgan fingerprint density at radius 3 is 2.64 bits per heavy atom. The van der Waals surface area contributed by atoms with E-state index in [0.717, 1.165) is 35.7 Å². The maximum absolute atomic E-state index is 11.2. The molecule has 4 heteroatoms. The molecule has 0 bridgehead atoms. The van der Waals surface area contributed by atoms with Gasteiger partial charge in [0, 0.05) is 28.4 Å². The number of carbonyl (C=O) groups is 1. The third-order valence-corrected chi connectivity index (χ3v) is 4.75. The van der Waals surface area contributed by atoms with Gasteiger partial charge >= 0.3 is 5.43 Å². The first-order chi connectivity index (χ1) is 10.7. The Morgan fingerprint density at radius 2 is 1.86 bits per heavy atom.